The van der Waals surface area contributed by atoms with Gasteiger partial charge in [0.25, 0.3) is 5.91 Å². The highest BCUT2D eigenvalue weighted by Crippen LogP contribution is 2.50. The summed E-state index contributed by atoms with van der Waals surface area (Å²) in [7, 11) is 4.09. The zero-order chi connectivity index (χ0) is 46.3. The number of imidazole rings is 2. The topological polar surface area (TPSA) is 184 Å². The number of piperidine rings is 2. The molecule has 0 spiro atoms. The van der Waals surface area contributed by atoms with E-state index in [1.54, 1.807) is 6.92 Å². The second kappa shape index (κ2) is 18.2. The van der Waals surface area contributed by atoms with Crippen LogP contribution in [0.4, 0.5) is 9.59 Å². The lowest BCUT2D eigenvalue weighted by atomic mass is 9.96. The van der Waals surface area contributed by atoms with Crippen LogP contribution < -0.4 is 10.6 Å². The van der Waals surface area contributed by atoms with Crippen molar-refractivity contribution >= 4 is 56.6 Å². The van der Waals surface area contributed by atoms with Crippen LogP contribution >= 0.6 is 0 Å². The summed E-state index contributed by atoms with van der Waals surface area (Å²) in [4.78, 5) is 73.8. The molecule has 1 saturated carbocycles. The second-order valence-corrected chi connectivity index (χ2v) is 18.0. The number of fused-ring (bicyclic) bond motifs is 6. The summed E-state index contributed by atoms with van der Waals surface area (Å²) in [6.07, 6.45) is 5.30. The molecule has 4 amide bonds. The molecule has 4 N–H and O–H groups in total. The molecule has 7 aromatic rings. The Morgan fingerprint density at radius 3 is 2.19 bits per heavy atom. The molecule has 1 aliphatic carbocycles. The number of carbonyl (C=O) groups is 4. The number of rotatable bonds is 11. The van der Waals surface area contributed by atoms with E-state index in [9.17, 15) is 19.2 Å². The first-order valence-corrected chi connectivity index (χ1v) is 23.0. The molecule has 1 unspecified atom stereocenters. The minimum absolute atomic E-state index is 0.0641. The van der Waals surface area contributed by atoms with Gasteiger partial charge in [0.2, 0.25) is 5.91 Å². The van der Waals surface area contributed by atoms with E-state index in [0.29, 0.717) is 12.1 Å². The third kappa shape index (κ3) is 8.21. The molecule has 15 heteroatoms. The number of amides is 4. The molecule has 344 valence electrons. The third-order valence-electron chi connectivity index (χ3n) is 14.2. The molecule has 2 aliphatic heterocycles. The van der Waals surface area contributed by atoms with Gasteiger partial charge in [-0.1, -0.05) is 72.8 Å². The number of aromatic amines is 2. The molecular formula is C52H54N8O7. The summed E-state index contributed by atoms with van der Waals surface area (Å²) in [6.45, 7) is 2.31. The fourth-order valence-electron chi connectivity index (χ4n) is 10.7. The summed E-state index contributed by atoms with van der Waals surface area (Å²) in [5.41, 5.74) is 6.45. The second-order valence-electron chi connectivity index (χ2n) is 18.0. The average molecular weight is 903 g/mol. The minimum Gasteiger partial charge on any atom is -0.453 e. The van der Waals surface area contributed by atoms with Gasteiger partial charge in [-0.2, -0.15) is 0 Å². The predicted octanol–water partition coefficient (Wildman–Crippen LogP) is 8.89. The minimum atomic E-state index is -0.896. The van der Waals surface area contributed by atoms with E-state index < -0.39 is 30.4 Å². The molecule has 10 rings (SSSR count). The number of ether oxygens (including phenoxy) is 3. The number of alkyl carbamates (subject to hydrolysis) is 2. The van der Waals surface area contributed by atoms with E-state index in [0.717, 1.165) is 105 Å². The molecule has 7 atom stereocenters. The van der Waals surface area contributed by atoms with Crippen molar-refractivity contribution in [2.24, 2.45) is 5.92 Å². The number of likely N-dealkylation sites (tertiary alicyclic amines) is 2. The molecule has 5 aromatic carbocycles. The van der Waals surface area contributed by atoms with Crippen LogP contribution in [0.25, 0.3) is 55.0 Å². The Labute approximate surface area is 387 Å². The van der Waals surface area contributed by atoms with E-state index >= 15 is 0 Å². The van der Waals surface area contributed by atoms with Crippen LogP contribution in [0.2, 0.25) is 0 Å². The van der Waals surface area contributed by atoms with Crippen LogP contribution in [0.1, 0.15) is 80.8 Å². The Kier molecular flexibility index (Phi) is 11.8. The summed E-state index contributed by atoms with van der Waals surface area (Å²) < 4.78 is 15.2. The summed E-state index contributed by atoms with van der Waals surface area (Å²) in [6, 6.07) is 30.4. The Morgan fingerprint density at radius 1 is 0.731 bits per heavy atom. The number of carbonyl (C=O) groups excluding carboxylic acids is 4. The molecule has 15 nitrogen and oxygen atoms in total. The molecule has 4 heterocycles. The predicted molar refractivity (Wildman–Crippen MR) is 254 cm³/mol. The molecule has 2 saturated heterocycles. The number of hydrogen-bond donors (Lipinski definition) is 4. The Balaban J connectivity index is 0.881. The number of nitrogens with one attached hydrogen (secondary N) is 4. The van der Waals surface area contributed by atoms with Crippen molar-refractivity contribution < 1.29 is 33.4 Å². The van der Waals surface area contributed by atoms with Crippen molar-refractivity contribution in [3.63, 3.8) is 0 Å². The maximum absolute atomic E-state index is 14.2. The highest BCUT2D eigenvalue weighted by Gasteiger charge is 2.52. The smallest absolute Gasteiger partial charge is 0.407 e. The van der Waals surface area contributed by atoms with E-state index in [4.69, 9.17) is 24.2 Å². The van der Waals surface area contributed by atoms with Crippen LogP contribution in [0.15, 0.2) is 103 Å². The van der Waals surface area contributed by atoms with Crippen molar-refractivity contribution in [3.8, 4) is 22.4 Å². The zero-order valence-corrected chi connectivity index (χ0v) is 38.0. The van der Waals surface area contributed by atoms with Gasteiger partial charge < -0.3 is 44.6 Å². The van der Waals surface area contributed by atoms with Gasteiger partial charge in [0.05, 0.1) is 55.3 Å². The zero-order valence-electron chi connectivity index (χ0n) is 38.0. The van der Waals surface area contributed by atoms with Gasteiger partial charge >= 0.3 is 12.2 Å². The number of nitrogens with zero attached hydrogens (tertiary/aromatic N) is 4. The van der Waals surface area contributed by atoms with Crippen molar-refractivity contribution in [2.45, 2.75) is 81.8 Å². The lowest BCUT2D eigenvalue weighted by Gasteiger charge is -2.37. The average Bonchev–Trinajstić information content (AvgIpc) is 4.21. The molecule has 0 radical (unpaired) electrons. The van der Waals surface area contributed by atoms with Crippen LogP contribution in [-0.2, 0) is 23.8 Å². The lowest BCUT2D eigenvalue weighted by molar-refractivity contribution is -0.141. The summed E-state index contributed by atoms with van der Waals surface area (Å²) in [5, 5.41) is 9.73. The number of aromatic nitrogens is 4. The van der Waals surface area contributed by atoms with Crippen molar-refractivity contribution in [1.82, 2.24) is 40.4 Å². The van der Waals surface area contributed by atoms with E-state index in [2.05, 4.69) is 81.3 Å². The summed E-state index contributed by atoms with van der Waals surface area (Å²) >= 11 is 0. The maximum Gasteiger partial charge on any atom is 0.407 e. The van der Waals surface area contributed by atoms with Gasteiger partial charge in [-0.3, -0.25) is 9.59 Å². The van der Waals surface area contributed by atoms with Gasteiger partial charge in [-0.15, -0.1) is 0 Å². The highest BCUT2D eigenvalue weighted by molar-refractivity contribution is 6.06. The van der Waals surface area contributed by atoms with Crippen LogP contribution in [0.3, 0.4) is 0 Å². The first-order chi connectivity index (χ1) is 32.6. The molecule has 2 bridgehead atoms. The van der Waals surface area contributed by atoms with Gasteiger partial charge in [0.1, 0.15) is 23.7 Å². The maximum atomic E-state index is 14.2. The van der Waals surface area contributed by atoms with Gasteiger partial charge in [-0.25, -0.2) is 19.6 Å². The fraction of sp³-hybridized carbons (Fsp3) is 0.346. The Morgan fingerprint density at radius 2 is 1.43 bits per heavy atom. The standard InChI is InChI=1S/C52H54N8O7/c1-29(65-2)43(57-51(63)66-3)50(62)60-38-20-17-37(27-38)46(60)48-53-28-41(55-48)36-16-15-32-24-31(13-14-33(32)26-36)34-18-21-39-35(25-34)19-22-40-45(39)56-47(54-40)42-12-8-9-23-59(42)49(61)44(58-52(64)67-4)30-10-6-5-7-11-30/h5-7,10-11,13-16,18-19,21-22,24-26,28-29,37-38,42-44,46H,8-9,12,17,20,23,27H2,1-4H3,(H,53,55)(H,54,56)(H,57,63)(H,58,64)/t29-,37+,38-,42?,43+,44-,46+/m1/s1. The largest absolute Gasteiger partial charge is 0.453 e. The highest BCUT2D eigenvalue weighted by atomic mass is 16.5. The fourth-order valence-corrected chi connectivity index (χ4v) is 10.7. The molecular weight excluding hydrogens is 849 g/mol. The van der Waals surface area contributed by atoms with Crippen LogP contribution in [0.5, 0.6) is 0 Å². The normalized spacial score (nSPS) is 20.5. The number of methoxy groups -OCH3 is 3. The molecule has 2 aromatic heterocycles. The van der Waals surface area contributed by atoms with E-state index in [1.807, 2.05) is 52.4 Å². The Bertz CT molecular complexity index is 3000. The molecule has 67 heavy (non-hydrogen) atoms. The third-order valence-corrected chi connectivity index (χ3v) is 14.2. The summed E-state index contributed by atoms with van der Waals surface area (Å²) in [5.74, 6) is 1.32. The molecule has 3 fully saturated rings. The van der Waals surface area contributed by atoms with Gasteiger partial charge in [0.15, 0.2) is 0 Å². The van der Waals surface area contributed by atoms with Crippen molar-refractivity contribution in [1.29, 1.82) is 0 Å². The quantitative estimate of drug-likeness (QED) is 0.0985. The van der Waals surface area contributed by atoms with Gasteiger partial charge in [-0.05, 0) is 108 Å². The monoisotopic (exact) mass is 902 g/mol. The SMILES string of the molecule is COC(=O)N[C@H](C(=O)N1[C@@H]2CC[C@@H](C2)[C@H]1c1ncc(-c2ccc3cc(-c4ccc5c(ccc6nc(C7CCCCN7C(=O)[C@H](NC(=O)OC)c7ccccc7)[nH]c65)c4)ccc3c2)[nH]1)[C@@H](C)OC. The van der Waals surface area contributed by atoms with Crippen molar-refractivity contribution in [2.75, 3.05) is 27.9 Å². The van der Waals surface area contributed by atoms with E-state index in [-0.39, 0.29) is 35.9 Å². The van der Waals surface area contributed by atoms with Crippen molar-refractivity contribution in [3.05, 3.63) is 120 Å². The first-order valence-electron chi connectivity index (χ1n) is 23.0. The van der Waals surface area contributed by atoms with E-state index in [1.165, 1.54) is 21.3 Å². The number of H-pyrrole nitrogens is 2. The number of hydrogen-bond acceptors (Lipinski definition) is 9. The lowest BCUT2D eigenvalue weighted by Crippen LogP contribution is -2.56. The van der Waals surface area contributed by atoms with Gasteiger partial charge in [0, 0.05) is 30.6 Å². The Hall–Kier alpha value is -7.26. The van der Waals surface area contributed by atoms with Crippen LogP contribution in [0, 0.1) is 5.92 Å². The molecule has 3 aliphatic rings. The first kappa shape index (κ1) is 43.6. The number of benzene rings is 5. The van der Waals surface area contributed by atoms with Crippen LogP contribution in [-0.4, -0.2) is 99.8 Å².